The summed E-state index contributed by atoms with van der Waals surface area (Å²) in [5, 5.41) is 9.70. The molecule has 1 aromatic rings. The lowest BCUT2D eigenvalue weighted by Crippen LogP contribution is -2.10. The fraction of sp³-hybridized carbons (Fsp3) is 0.538. The third kappa shape index (κ3) is 3.47. The van der Waals surface area contributed by atoms with Gasteiger partial charge in [-0.3, -0.25) is 4.79 Å². The number of aromatic carboxylic acids is 1. The highest BCUT2D eigenvalue weighted by Crippen LogP contribution is 2.39. The maximum atomic E-state index is 11.3. The van der Waals surface area contributed by atoms with Crippen LogP contribution < -0.4 is 0 Å². The molecule has 1 fully saturated rings. The quantitative estimate of drug-likeness (QED) is 0.488. The molecular formula is C13H16N2O4S. The number of carboxylic acids is 1. The predicted octanol–water partition coefficient (Wildman–Crippen LogP) is 2.02. The van der Waals surface area contributed by atoms with Crippen molar-refractivity contribution in [3.05, 3.63) is 17.1 Å². The summed E-state index contributed by atoms with van der Waals surface area (Å²) in [6, 6.07) is 0. The van der Waals surface area contributed by atoms with Crippen molar-refractivity contribution in [3.63, 3.8) is 0 Å². The van der Waals surface area contributed by atoms with E-state index in [9.17, 15) is 14.7 Å². The van der Waals surface area contributed by atoms with E-state index in [-0.39, 0.29) is 18.0 Å². The van der Waals surface area contributed by atoms with Crippen LogP contribution in [0.15, 0.2) is 5.03 Å². The van der Waals surface area contributed by atoms with Gasteiger partial charge in [0, 0.05) is 11.7 Å². The number of hydrogen-bond donors (Lipinski definition) is 1. The van der Waals surface area contributed by atoms with E-state index in [0.717, 1.165) is 12.8 Å². The molecule has 1 aliphatic carbocycles. The Morgan fingerprint density at radius 1 is 1.40 bits per heavy atom. The molecule has 1 saturated carbocycles. The molecule has 0 aromatic carbocycles. The van der Waals surface area contributed by atoms with Gasteiger partial charge in [0.15, 0.2) is 0 Å². The van der Waals surface area contributed by atoms with Gasteiger partial charge in [-0.2, -0.15) is 0 Å². The molecule has 0 radical (unpaired) electrons. The highest BCUT2D eigenvalue weighted by atomic mass is 32.2. The molecule has 7 heteroatoms. The number of carbonyl (C=O) groups excluding carboxylic acids is 1. The first-order valence-electron chi connectivity index (χ1n) is 6.34. The van der Waals surface area contributed by atoms with Crippen molar-refractivity contribution in [3.8, 4) is 0 Å². The lowest BCUT2D eigenvalue weighted by Gasteiger charge is -2.09. The number of carboxylic acid groups (broad SMARTS) is 1. The van der Waals surface area contributed by atoms with Gasteiger partial charge in [-0.25, -0.2) is 14.8 Å². The summed E-state index contributed by atoms with van der Waals surface area (Å²) in [7, 11) is 1.33. The van der Waals surface area contributed by atoms with Crippen LogP contribution in [0.5, 0.6) is 0 Å². The maximum Gasteiger partial charge on any atom is 0.340 e. The molecular weight excluding hydrogens is 280 g/mol. The summed E-state index contributed by atoms with van der Waals surface area (Å²) in [5.41, 5.74) is 0.610. The van der Waals surface area contributed by atoms with Gasteiger partial charge in [0.2, 0.25) is 0 Å². The molecule has 6 nitrogen and oxygen atoms in total. The van der Waals surface area contributed by atoms with Crippen LogP contribution >= 0.6 is 11.8 Å². The summed E-state index contributed by atoms with van der Waals surface area (Å²) in [5.74, 6) is 0.158. The van der Waals surface area contributed by atoms with Crippen molar-refractivity contribution in [2.45, 2.75) is 37.1 Å². The van der Waals surface area contributed by atoms with Gasteiger partial charge in [-0.15, -0.1) is 11.8 Å². The fourth-order valence-corrected chi connectivity index (χ4v) is 2.77. The fourth-order valence-electron chi connectivity index (χ4n) is 1.78. The number of methoxy groups -OCH3 is 1. The predicted molar refractivity (Wildman–Crippen MR) is 73.1 cm³/mol. The highest BCUT2D eigenvalue weighted by Gasteiger charge is 2.29. The van der Waals surface area contributed by atoms with Crippen molar-refractivity contribution in [2.75, 3.05) is 12.9 Å². The highest BCUT2D eigenvalue weighted by molar-refractivity contribution is 7.99. The molecule has 0 saturated heterocycles. The molecule has 0 spiro atoms. The van der Waals surface area contributed by atoms with E-state index < -0.39 is 5.97 Å². The average Bonchev–Trinajstić information content (AvgIpc) is 3.21. The van der Waals surface area contributed by atoms with Gasteiger partial charge in [-0.05, 0) is 19.8 Å². The molecule has 0 amide bonds. The summed E-state index contributed by atoms with van der Waals surface area (Å²) < 4.78 is 4.56. The Bertz CT molecular complexity index is 543. The first kappa shape index (κ1) is 14.8. The first-order chi connectivity index (χ1) is 9.52. The zero-order valence-electron chi connectivity index (χ0n) is 11.4. The molecule has 0 bridgehead atoms. The largest absolute Gasteiger partial charge is 0.478 e. The number of carbonyl (C=O) groups is 2. The Hall–Kier alpha value is -1.63. The summed E-state index contributed by atoms with van der Waals surface area (Å²) >= 11 is 1.26. The summed E-state index contributed by atoms with van der Waals surface area (Å²) in [6.07, 6.45) is 2.33. The molecule has 1 aromatic heterocycles. The molecule has 2 rings (SSSR count). The minimum atomic E-state index is -1.04. The molecule has 108 valence electrons. The zero-order chi connectivity index (χ0) is 14.7. The molecule has 0 atom stereocenters. The minimum Gasteiger partial charge on any atom is -0.478 e. The van der Waals surface area contributed by atoms with Gasteiger partial charge in [0.25, 0.3) is 0 Å². The normalized spacial score (nSPS) is 14.1. The lowest BCUT2D eigenvalue weighted by atomic mass is 10.2. The standard InChI is InChI=1S/C13H16N2O4S/c1-7-10(13(17)18)12(20-6-5-9(16)19-2)15-11(14-7)8-3-4-8/h8H,3-6H2,1-2H3,(H,17,18). The van der Waals surface area contributed by atoms with E-state index in [1.165, 1.54) is 18.9 Å². The molecule has 20 heavy (non-hydrogen) atoms. The number of ether oxygens (including phenoxy) is 1. The zero-order valence-corrected chi connectivity index (χ0v) is 12.2. The smallest absolute Gasteiger partial charge is 0.340 e. The van der Waals surface area contributed by atoms with Gasteiger partial charge >= 0.3 is 11.9 Å². The maximum absolute atomic E-state index is 11.3. The molecule has 1 aliphatic rings. The van der Waals surface area contributed by atoms with Crippen LogP contribution in [0.3, 0.4) is 0 Å². The van der Waals surface area contributed by atoms with Crippen molar-refractivity contribution < 1.29 is 19.4 Å². The number of aromatic nitrogens is 2. The van der Waals surface area contributed by atoms with Gasteiger partial charge in [0.1, 0.15) is 16.4 Å². The number of nitrogens with zero attached hydrogens (tertiary/aromatic N) is 2. The number of rotatable bonds is 6. The van der Waals surface area contributed by atoms with Crippen LogP contribution in [0.4, 0.5) is 0 Å². The minimum absolute atomic E-state index is 0.129. The van der Waals surface area contributed by atoms with Crippen LogP contribution in [0.25, 0.3) is 0 Å². The van der Waals surface area contributed by atoms with Crippen LogP contribution in [-0.4, -0.2) is 39.9 Å². The van der Waals surface area contributed by atoms with E-state index in [4.69, 9.17) is 0 Å². The Kier molecular flexibility index (Phi) is 4.59. The Morgan fingerprint density at radius 3 is 2.65 bits per heavy atom. The van der Waals surface area contributed by atoms with Crippen molar-refractivity contribution >= 4 is 23.7 Å². The lowest BCUT2D eigenvalue weighted by molar-refractivity contribution is -0.140. The Balaban J connectivity index is 2.19. The number of aryl methyl sites for hydroxylation is 1. The molecule has 0 aliphatic heterocycles. The van der Waals surface area contributed by atoms with Crippen LogP contribution in [0.2, 0.25) is 0 Å². The van der Waals surface area contributed by atoms with Crippen LogP contribution in [0, 0.1) is 6.92 Å². The van der Waals surface area contributed by atoms with E-state index in [1.54, 1.807) is 6.92 Å². The number of esters is 1. The van der Waals surface area contributed by atoms with Gasteiger partial charge in [0.05, 0.1) is 19.2 Å². The second-order valence-corrected chi connectivity index (χ2v) is 5.69. The second-order valence-electron chi connectivity index (χ2n) is 4.60. The average molecular weight is 296 g/mol. The van der Waals surface area contributed by atoms with E-state index in [1.807, 2.05) is 0 Å². The van der Waals surface area contributed by atoms with Crippen molar-refractivity contribution in [1.29, 1.82) is 0 Å². The third-order valence-electron chi connectivity index (χ3n) is 3.00. The Morgan fingerprint density at radius 2 is 2.10 bits per heavy atom. The van der Waals surface area contributed by atoms with Crippen LogP contribution in [0.1, 0.15) is 47.1 Å². The molecule has 0 unspecified atom stereocenters. The summed E-state index contributed by atoms with van der Waals surface area (Å²) in [6.45, 7) is 1.68. The third-order valence-corrected chi connectivity index (χ3v) is 3.98. The topological polar surface area (TPSA) is 89.4 Å². The number of thioether (sulfide) groups is 1. The second kappa shape index (κ2) is 6.21. The molecule has 1 heterocycles. The number of hydrogen-bond acceptors (Lipinski definition) is 6. The summed E-state index contributed by atoms with van der Waals surface area (Å²) in [4.78, 5) is 31.0. The van der Waals surface area contributed by atoms with E-state index in [0.29, 0.717) is 28.2 Å². The molecule has 1 N–H and O–H groups in total. The SMILES string of the molecule is COC(=O)CCSc1nc(C2CC2)nc(C)c1C(=O)O. The Labute approximate surface area is 121 Å². The monoisotopic (exact) mass is 296 g/mol. The van der Waals surface area contributed by atoms with Gasteiger partial charge in [-0.1, -0.05) is 0 Å². The van der Waals surface area contributed by atoms with Crippen LogP contribution in [-0.2, 0) is 9.53 Å². The van der Waals surface area contributed by atoms with Gasteiger partial charge < -0.3 is 9.84 Å². The van der Waals surface area contributed by atoms with E-state index in [2.05, 4.69) is 14.7 Å². The van der Waals surface area contributed by atoms with Crippen molar-refractivity contribution in [1.82, 2.24) is 9.97 Å². The van der Waals surface area contributed by atoms with E-state index >= 15 is 0 Å². The first-order valence-corrected chi connectivity index (χ1v) is 7.33. The van der Waals surface area contributed by atoms with Crippen molar-refractivity contribution in [2.24, 2.45) is 0 Å².